The summed E-state index contributed by atoms with van der Waals surface area (Å²) in [6, 6.07) is 23.4. The van der Waals surface area contributed by atoms with E-state index in [1.54, 1.807) is 48.5 Å². The van der Waals surface area contributed by atoms with Crippen molar-refractivity contribution in [3.8, 4) is 22.5 Å². The molecule has 0 saturated heterocycles. The molecular formula is C22H18N4O3S2. The molecule has 0 aliphatic heterocycles. The lowest BCUT2D eigenvalue weighted by Crippen LogP contribution is -2.12. The number of nitrogens with one attached hydrogen (secondary N) is 2. The van der Waals surface area contributed by atoms with Crippen molar-refractivity contribution in [1.82, 2.24) is 9.36 Å². The number of carbonyl (C=O) groups is 1. The molecule has 9 heteroatoms. The molecule has 0 saturated carbocycles. The summed E-state index contributed by atoms with van der Waals surface area (Å²) in [5.41, 5.74) is 3.31. The van der Waals surface area contributed by atoms with Crippen molar-refractivity contribution in [2.24, 2.45) is 0 Å². The maximum Gasteiger partial charge on any atom is 0.263 e. The van der Waals surface area contributed by atoms with E-state index in [9.17, 15) is 13.2 Å². The van der Waals surface area contributed by atoms with Crippen LogP contribution in [0.1, 0.15) is 6.92 Å². The normalized spacial score (nSPS) is 11.1. The minimum Gasteiger partial charge on any atom is -0.326 e. The van der Waals surface area contributed by atoms with E-state index in [4.69, 9.17) is 0 Å². The molecule has 4 rings (SSSR count). The van der Waals surface area contributed by atoms with E-state index in [0.717, 1.165) is 22.7 Å². The molecule has 2 N–H and O–H groups in total. The summed E-state index contributed by atoms with van der Waals surface area (Å²) >= 11 is 0.960. The number of amides is 1. The molecule has 1 amide bonds. The number of anilines is 2. The molecule has 156 valence electrons. The molecule has 4 aromatic rings. The summed E-state index contributed by atoms with van der Waals surface area (Å²) in [5.74, 6) is 0.240. The van der Waals surface area contributed by atoms with Crippen LogP contribution in [-0.4, -0.2) is 23.7 Å². The first-order valence-electron chi connectivity index (χ1n) is 9.31. The van der Waals surface area contributed by atoms with Crippen molar-refractivity contribution < 1.29 is 13.2 Å². The second-order valence-corrected chi connectivity index (χ2v) is 9.11. The molecular weight excluding hydrogens is 432 g/mol. The van der Waals surface area contributed by atoms with Crippen LogP contribution < -0.4 is 10.0 Å². The highest BCUT2D eigenvalue weighted by atomic mass is 32.2. The van der Waals surface area contributed by atoms with Crippen molar-refractivity contribution in [3.63, 3.8) is 0 Å². The third-order valence-corrected chi connectivity index (χ3v) is 6.50. The topological polar surface area (TPSA) is 101 Å². The lowest BCUT2D eigenvalue weighted by Gasteiger charge is -2.06. The van der Waals surface area contributed by atoms with Crippen LogP contribution in [0, 0.1) is 0 Å². The van der Waals surface area contributed by atoms with Gasteiger partial charge in [0.1, 0.15) is 0 Å². The van der Waals surface area contributed by atoms with Crippen LogP contribution in [-0.2, 0) is 14.8 Å². The predicted molar refractivity (Wildman–Crippen MR) is 122 cm³/mol. The molecule has 0 radical (unpaired) electrons. The zero-order valence-corrected chi connectivity index (χ0v) is 18.1. The molecule has 0 aliphatic rings. The van der Waals surface area contributed by atoms with Gasteiger partial charge in [-0.25, -0.2) is 8.42 Å². The highest BCUT2D eigenvalue weighted by molar-refractivity contribution is 7.93. The molecule has 31 heavy (non-hydrogen) atoms. The van der Waals surface area contributed by atoms with Crippen molar-refractivity contribution in [3.05, 3.63) is 78.9 Å². The predicted octanol–water partition coefficient (Wildman–Crippen LogP) is 4.63. The smallest absolute Gasteiger partial charge is 0.263 e. The fourth-order valence-corrected chi connectivity index (χ4v) is 4.73. The van der Waals surface area contributed by atoms with E-state index in [-0.39, 0.29) is 15.9 Å². The van der Waals surface area contributed by atoms with Crippen molar-refractivity contribution >= 4 is 38.3 Å². The van der Waals surface area contributed by atoms with Crippen LogP contribution >= 0.6 is 11.5 Å². The Hall–Kier alpha value is -3.56. The number of hydrogen-bond donors (Lipinski definition) is 2. The van der Waals surface area contributed by atoms with E-state index < -0.39 is 10.0 Å². The van der Waals surface area contributed by atoms with Crippen LogP contribution in [0.3, 0.4) is 0 Å². The minimum absolute atomic E-state index is 0.142. The fourth-order valence-electron chi connectivity index (χ4n) is 2.92. The van der Waals surface area contributed by atoms with E-state index >= 15 is 0 Å². The van der Waals surface area contributed by atoms with Gasteiger partial charge in [0.2, 0.25) is 11.0 Å². The van der Waals surface area contributed by atoms with Gasteiger partial charge in [-0.1, -0.05) is 42.5 Å². The van der Waals surface area contributed by atoms with E-state index in [0.29, 0.717) is 17.1 Å². The number of rotatable bonds is 6. The molecule has 0 atom stereocenters. The SMILES string of the molecule is CC(=O)Nc1ccc(-c2nsc(NS(=O)(=O)c3ccc(-c4ccccc4)cc3)n2)cc1. The number of sulfonamides is 1. The van der Waals surface area contributed by atoms with Crippen LogP contribution in [0.5, 0.6) is 0 Å². The third-order valence-electron chi connectivity index (χ3n) is 4.38. The Balaban J connectivity index is 1.49. The molecule has 0 aliphatic carbocycles. The van der Waals surface area contributed by atoms with E-state index in [2.05, 4.69) is 19.4 Å². The Morgan fingerprint density at radius 3 is 2.10 bits per heavy atom. The Kier molecular flexibility index (Phi) is 5.79. The van der Waals surface area contributed by atoms with Gasteiger partial charge in [0.05, 0.1) is 4.90 Å². The lowest BCUT2D eigenvalue weighted by atomic mass is 10.1. The molecule has 1 heterocycles. The fraction of sp³-hybridized carbons (Fsp3) is 0.0455. The summed E-state index contributed by atoms with van der Waals surface area (Å²) in [5, 5.41) is 2.86. The first-order chi connectivity index (χ1) is 14.9. The van der Waals surface area contributed by atoms with Gasteiger partial charge >= 0.3 is 0 Å². The van der Waals surface area contributed by atoms with Gasteiger partial charge in [0, 0.05) is 29.7 Å². The van der Waals surface area contributed by atoms with Gasteiger partial charge in [-0.3, -0.25) is 9.52 Å². The zero-order valence-electron chi connectivity index (χ0n) is 16.4. The number of carbonyl (C=O) groups excluding carboxylic acids is 1. The van der Waals surface area contributed by atoms with Gasteiger partial charge in [0.25, 0.3) is 10.0 Å². The summed E-state index contributed by atoms with van der Waals surface area (Å²) in [7, 11) is -3.79. The van der Waals surface area contributed by atoms with Crippen LogP contribution in [0.4, 0.5) is 10.8 Å². The second-order valence-electron chi connectivity index (χ2n) is 6.68. The number of aromatic nitrogens is 2. The maximum absolute atomic E-state index is 12.7. The third kappa shape index (κ3) is 4.96. The first-order valence-corrected chi connectivity index (χ1v) is 11.6. The molecule has 0 spiro atoms. The molecule has 0 unspecified atom stereocenters. The van der Waals surface area contributed by atoms with Crippen molar-refractivity contribution in [2.75, 3.05) is 10.0 Å². The summed E-state index contributed by atoms with van der Waals surface area (Å²) in [4.78, 5) is 15.5. The monoisotopic (exact) mass is 450 g/mol. The zero-order chi connectivity index (χ0) is 21.8. The van der Waals surface area contributed by atoms with Gasteiger partial charge in [-0.15, -0.1) is 0 Å². The number of nitrogens with zero attached hydrogens (tertiary/aromatic N) is 2. The first kappa shape index (κ1) is 20.7. The Morgan fingerprint density at radius 1 is 0.839 bits per heavy atom. The quantitative estimate of drug-likeness (QED) is 0.446. The molecule has 3 aromatic carbocycles. The minimum atomic E-state index is -3.79. The average molecular weight is 451 g/mol. The Morgan fingerprint density at radius 2 is 1.45 bits per heavy atom. The number of hydrogen-bond acceptors (Lipinski definition) is 6. The molecule has 0 bridgehead atoms. The van der Waals surface area contributed by atoms with Gasteiger partial charge < -0.3 is 5.32 Å². The van der Waals surface area contributed by atoms with Crippen molar-refractivity contribution in [1.29, 1.82) is 0 Å². The molecule has 0 fully saturated rings. The standard InChI is InChI=1S/C22H18N4O3S2/c1-15(27)23-19-11-7-18(8-12-19)21-24-22(30-25-21)26-31(28,29)20-13-9-17(10-14-20)16-5-3-2-4-6-16/h2-14H,1H3,(H,23,27)(H,24,25,26). The largest absolute Gasteiger partial charge is 0.326 e. The Bertz CT molecular complexity index is 1300. The summed E-state index contributed by atoms with van der Waals surface area (Å²) in [6.07, 6.45) is 0. The van der Waals surface area contributed by atoms with Gasteiger partial charge in [-0.2, -0.15) is 9.36 Å². The number of benzene rings is 3. The van der Waals surface area contributed by atoms with Crippen LogP contribution in [0.25, 0.3) is 22.5 Å². The van der Waals surface area contributed by atoms with E-state index in [1.807, 2.05) is 30.3 Å². The van der Waals surface area contributed by atoms with Crippen LogP contribution in [0.2, 0.25) is 0 Å². The highest BCUT2D eigenvalue weighted by Crippen LogP contribution is 2.26. The molecule has 7 nitrogen and oxygen atoms in total. The van der Waals surface area contributed by atoms with Crippen LogP contribution in [0.15, 0.2) is 83.8 Å². The highest BCUT2D eigenvalue weighted by Gasteiger charge is 2.17. The Labute approximate surface area is 184 Å². The summed E-state index contributed by atoms with van der Waals surface area (Å²) < 4.78 is 32.2. The maximum atomic E-state index is 12.7. The van der Waals surface area contributed by atoms with E-state index in [1.165, 1.54) is 6.92 Å². The average Bonchev–Trinajstić information content (AvgIpc) is 3.22. The van der Waals surface area contributed by atoms with Crippen molar-refractivity contribution in [2.45, 2.75) is 11.8 Å². The van der Waals surface area contributed by atoms with Gasteiger partial charge in [0.15, 0.2) is 5.82 Å². The second kappa shape index (κ2) is 8.66. The van der Waals surface area contributed by atoms with Gasteiger partial charge in [-0.05, 0) is 47.5 Å². The molecule has 1 aromatic heterocycles. The summed E-state index contributed by atoms with van der Waals surface area (Å²) in [6.45, 7) is 1.43. The lowest BCUT2D eigenvalue weighted by molar-refractivity contribution is -0.114.